The smallest absolute Gasteiger partial charge is 0.327 e. The summed E-state index contributed by atoms with van der Waals surface area (Å²) >= 11 is 1.32. The first-order valence-electron chi connectivity index (χ1n) is 8.48. The number of amides is 2. The number of aliphatic hydroxyl groups is 1. The van der Waals surface area contributed by atoms with Crippen LogP contribution in [0.1, 0.15) is 20.8 Å². The third kappa shape index (κ3) is 2.77. The fraction of sp³-hybridized carbons (Fsp3) is 0.500. The number of carbonyl (C=O) groups is 3. The van der Waals surface area contributed by atoms with Crippen LogP contribution in [0.4, 0.5) is 5.69 Å². The molecule has 0 unspecified atom stereocenters. The number of thioether (sulfide) groups is 1. The standard InChI is InChI=1S/C18H22N2O5S/c1-4-19(10-8-6-5-7-9-10)15(23)12(21)11-14(22)20-13(17(24)25)18(2,3)26-16(11)20/h5-9,11-13,16,21H,4H2,1-3H3,(H,24,25)/t11-,12+,13+,16-/m1/s1. The van der Waals surface area contributed by atoms with Crippen molar-refractivity contribution >= 4 is 35.2 Å². The molecule has 2 saturated heterocycles. The molecule has 8 heteroatoms. The van der Waals surface area contributed by atoms with Crippen LogP contribution in [-0.2, 0) is 14.4 Å². The van der Waals surface area contributed by atoms with Gasteiger partial charge in [0.05, 0.1) is 5.37 Å². The number of carboxylic acid groups (broad SMARTS) is 1. The van der Waals surface area contributed by atoms with Crippen molar-refractivity contribution in [1.82, 2.24) is 4.90 Å². The second-order valence-electron chi connectivity index (χ2n) is 6.99. The molecule has 1 aromatic carbocycles. The van der Waals surface area contributed by atoms with Crippen molar-refractivity contribution in [2.24, 2.45) is 5.92 Å². The van der Waals surface area contributed by atoms with Crippen LogP contribution in [0.15, 0.2) is 30.3 Å². The van der Waals surface area contributed by atoms with Crippen molar-refractivity contribution < 1.29 is 24.6 Å². The average molecular weight is 378 g/mol. The van der Waals surface area contributed by atoms with Crippen LogP contribution in [0.25, 0.3) is 0 Å². The molecule has 0 aromatic heterocycles. The van der Waals surface area contributed by atoms with Gasteiger partial charge in [-0.1, -0.05) is 18.2 Å². The zero-order valence-corrected chi connectivity index (χ0v) is 15.6. The highest BCUT2D eigenvalue weighted by Gasteiger charge is 2.66. The summed E-state index contributed by atoms with van der Waals surface area (Å²) in [6.45, 7) is 5.66. The Morgan fingerprint density at radius 3 is 2.46 bits per heavy atom. The Balaban J connectivity index is 1.81. The van der Waals surface area contributed by atoms with E-state index in [1.807, 2.05) is 6.07 Å². The van der Waals surface area contributed by atoms with Crippen molar-refractivity contribution in [3.63, 3.8) is 0 Å². The number of aliphatic hydroxyl groups excluding tert-OH is 1. The first kappa shape index (κ1) is 18.7. The van der Waals surface area contributed by atoms with E-state index < -0.39 is 46.0 Å². The molecule has 140 valence electrons. The monoisotopic (exact) mass is 378 g/mol. The Morgan fingerprint density at radius 2 is 1.92 bits per heavy atom. The highest BCUT2D eigenvalue weighted by molar-refractivity contribution is 8.01. The first-order chi connectivity index (χ1) is 12.2. The van der Waals surface area contributed by atoms with Crippen molar-refractivity contribution in [2.75, 3.05) is 11.4 Å². The maximum absolute atomic E-state index is 12.8. The van der Waals surface area contributed by atoms with Crippen molar-refractivity contribution in [3.8, 4) is 0 Å². The molecule has 2 heterocycles. The number of likely N-dealkylation sites (N-methyl/N-ethyl adjacent to an activating group) is 1. The van der Waals surface area contributed by atoms with Gasteiger partial charge >= 0.3 is 5.97 Å². The largest absolute Gasteiger partial charge is 0.480 e. The Labute approximate surface area is 156 Å². The molecule has 4 atom stereocenters. The third-order valence-electron chi connectivity index (χ3n) is 4.96. The van der Waals surface area contributed by atoms with E-state index in [-0.39, 0.29) is 0 Å². The highest BCUT2D eigenvalue weighted by Crippen LogP contribution is 2.54. The number of fused-ring (bicyclic) bond motifs is 1. The average Bonchev–Trinajstić information content (AvgIpc) is 2.84. The van der Waals surface area contributed by atoms with E-state index >= 15 is 0 Å². The highest BCUT2D eigenvalue weighted by atomic mass is 32.2. The molecule has 0 bridgehead atoms. The maximum atomic E-state index is 12.8. The lowest BCUT2D eigenvalue weighted by molar-refractivity contribution is -0.170. The molecule has 1 aromatic rings. The number of β-lactam (4-membered cyclic amide) rings is 1. The number of carboxylic acids is 1. The van der Waals surface area contributed by atoms with E-state index in [0.29, 0.717) is 12.2 Å². The zero-order chi connectivity index (χ0) is 19.2. The molecule has 2 amide bonds. The SMILES string of the molecule is CCN(C(=O)[C@@H](O)[C@@H]1C(=O)N2[C@@H]1SC(C)(C)[C@@H]2C(=O)O)c1ccccc1. The van der Waals surface area contributed by atoms with E-state index in [2.05, 4.69) is 0 Å². The van der Waals surface area contributed by atoms with E-state index in [4.69, 9.17) is 0 Å². The molecule has 0 saturated carbocycles. The molecular formula is C18H22N2O5S. The number of hydrogen-bond donors (Lipinski definition) is 2. The summed E-state index contributed by atoms with van der Waals surface area (Å²) in [6, 6.07) is 7.98. The van der Waals surface area contributed by atoms with Crippen LogP contribution in [0.3, 0.4) is 0 Å². The molecule has 2 aliphatic heterocycles. The number of benzene rings is 1. The van der Waals surface area contributed by atoms with Crippen molar-refractivity contribution in [3.05, 3.63) is 30.3 Å². The van der Waals surface area contributed by atoms with Gasteiger partial charge in [0, 0.05) is 17.0 Å². The first-order valence-corrected chi connectivity index (χ1v) is 9.36. The van der Waals surface area contributed by atoms with E-state index in [0.717, 1.165) is 0 Å². The van der Waals surface area contributed by atoms with Crippen molar-refractivity contribution in [1.29, 1.82) is 0 Å². The summed E-state index contributed by atoms with van der Waals surface area (Å²) in [5.41, 5.74) is 0.644. The Hall–Kier alpha value is -2.06. The van der Waals surface area contributed by atoms with Crippen LogP contribution < -0.4 is 4.90 Å². The quantitative estimate of drug-likeness (QED) is 0.746. The van der Waals surface area contributed by atoms with Crippen LogP contribution in [0.5, 0.6) is 0 Å². The number of rotatable bonds is 5. The Bertz CT molecular complexity index is 738. The van der Waals surface area contributed by atoms with Gasteiger partial charge in [-0.2, -0.15) is 0 Å². The molecule has 7 nitrogen and oxygen atoms in total. The number of anilines is 1. The number of nitrogens with zero attached hydrogens (tertiary/aromatic N) is 2. The summed E-state index contributed by atoms with van der Waals surface area (Å²) in [7, 11) is 0. The normalized spacial score (nSPS) is 27.5. The van der Waals surface area contributed by atoms with Gasteiger partial charge in [-0.25, -0.2) is 4.79 Å². The minimum atomic E-state index is -1.50. The van der Waals surface area contributed by atoms with E-state index in [1.54, 1.807) is 45.0 Å². The molecule has 0 spiro atoms. The van der Waals surface area contributed by atoms with E-state index in [1.165, 1.54) is 21.6 Å². The maximum Gasteiger partial charge on any atom is 0.327 e. The van der Waals surface area contributed by atoms with Gasteiger partial charge < -0.3 is 20.0 Å². The lowest BCUT2D eigenvalue weighted by atomic mass is 9.87. The molecule has 2 aliphatic rings. The zero-order valence-electron chi connectivity index (χ0n) is 14.8. The number of aliphatic carboxylic acids is 1. The summed E-state index contributed by atoms with van der Waals surface area (Å²) in [5.74, 6) is -3.02. The summed E-state index contributed by atoms with van der Waals surface area (Å²) in [5, 5.41) is 19.6. The second-order valence-corrected chi connectivity index (χ2v) is 8.76. The number of carbonyl (C=O) groups excluding carboxylic acids is 2. The van der Waals surface area contributed by atoms with Crippen LogP contribution in [0, 0.1) is 5.92 Å². The van der Waals surface area contributed by atoms with Gasteiger partial charge in [0.25, 0.3) is 5.91 Å². The topological polar surface area (TPSA) is 98.2 Å². The molecule has 0 aliphatic carbocycles. The van der Waals surface area contributed by atoms with Gasteiger partial charge in [-0.3, -0.25) is 9.59 Å². The minimum Gasteiger partial charge on any atom is -0.480 e. The molecule has 2 N–H and O–H groups in total. The molecular weight excluding hydrogens is 356 g/mol. The van der Waals surface area contributed by atoms with Gasteiger partial charge in [-0.15, -0.1) is 11.8 Å². The third-order valence-corrected chi connectivity index (χ3v) is 6.55. The van der Waals surface area contributed by atoms with Crippen LogP contribution >= 0.6 is 11.8 Å². The predicted octanol–water partition coefficient (Wildman–Crippen LogP) is 1.16. The fourth-order valence-corrected chi connectivity index (χ4v) is 5.44. The second kappa shape index (κ2) is 6.59. The van der Waals surface area contributed by atoms with Crippen molar-refractivity contribution in [2.45, 2.75) is 43.0 Å². The molecule has 0 radical (unpaired) electrons. The summed E-state index contributed by atoms with van der Waals surface area (Å²) in [4.78, 5) is 39.6. The summed E-state index contributed by atoms with van der Waals surface area (Å²) in [6.07, 6.45) is -1.50. The molecule has 26 heavy (non-hydrogen) atoms. The minimum absolute atomic E-state index is 0.353. The Kier molecular flexibility index (Phi) is 4.74. The Morgan fingerprint density at radius 1 is 1.31 bits per heavy atom. The van der Waals surface area contributed by atoms with Crippen LogP contribution in [-0.4, -0.2) is 61.7 Å². The fourth-order valence-electron chi connectivity index (χ4n) is 3.72. The number of para-hydroxylation sites is 1. The lowest BCUT2D eigenvalue weighted by Gasteiger charge is -2.45. The predicted molar refractivity (Wildman–Crippen MR) is 97.7 cm³/mol. The number of hydrogen-bond acceptors (Lipinski definition) is 5. The van der Waals surface area contributed by atoms with Crippen LogP contribution in [0.2, 0.25) is 0 Å². The van der Waals surface area contributed by atoms with Gasteiger partial charge in [0.2, 0.25) is 5.91 Å². The van der Waals surface area contributed by atoms with Gasteiger partial charge in [-0.05, 0) is 32.9 Å². The van der Waals surface area contributed by atoms with E-state index in [9.17, 15) is 24.6 Å². The van der Waals surface area contributed by atoms with Gasteiger partial charge in [0.15, 0.2) is 0 Å². The lowest BCUT2D eigenvalue weighted by Crippen LogP contribution is -2.67. The molecule has 2 fully saturated rings. The van der Waals surface area contributed by atoms with Gasteiger partial charge in [0.1, 0.15) is 18.1 Å². The molecule has 3 rings (SSSR count). The summed E-state index contributed by atoms with van der Waals surface area (Å²) < 4.78 is -0.687.